The van der Waals surface area contributed by atoms with Gasteiger partial charge in [0.2, 0.25) is 10.0 Å². The first kappa shape index (κ1) is 26.8. The van der Waals surface area contributed by atoms with Gasteiger partial charge in [0, 0.05) is 51.4 Å². The van der Waals surface area contributed by atoms with E-state index in [4.69, 9.17) is 0 Å². The summed E-state index contributed by atoms with van der Waals surface area (Å²) in [7, 11) is -3.12. The summed E-state index contributed by atoms with van der Waals surface area (Å²) >= 11 is 0. The molecule has 8 heteroatoms. The number of likely N-dealkylation sites (tertiary alicyclic amines) is 1. The van der Waals surface area contributed by atoms with Gasteiger partial charge < -0.3 is 5.32 Å². The SMILES string of the molecule is CCS(=O)(=O)N1CCN(Cc2cccc(C(=O)NCc3ccc(CN4CCC(C)CC4)cc3)c2)CC1. The van der Waals surface area contributed by atoms with Crippen LogP contribution in [0.2, 0.25) is 0 Å². The van der Waals surface area contributed by atoms with Crippen LogP contribution in [-0.2, 0) is 29.7 Å². The molecule has 2 aliphatic rings. The molecule has 0 bridgehead atoms. The van der Waals surface area contributed by atoms with Crippen molar-refractivity contribution in [3.05, 3.63) is 70.8 Å². The molecule has 2 aromatic carbocycles. The molecule has 0 radical (unpaired) electrons. The normalized spacial score (nSPS) is 18.8. The lowest BCUT2D eigenvalue weighted by Crippen LogP contribution is -2.48. The molecule has 196 valence electrons. The van der Waals surface area contributed by atoms with Crippen LogP contribution in [0, 0.1) is 5.92 Å². The summed E-state index contributed by atoms with van der Waals surface area (Å²) in [6.45, 7) is 11.0. The van der Waals surface area contributed by atoms with E-state index in [1.165, 1.54) is 31.5 Å². The number of piperidine rings is 1. The maximum Gasteiger partial charge on any atom is 0.251 e. The monoisotopic (exact) mass is 512 g/mol. The number of sulfonamides is 1. The quantitative estimate of drug-likeness (QED) is 0.558. The Hall–Kier alpha value is -2.26. The number of benzene rings is 2. The van der Waals surface area contributed by atoms with Gasteiger partial charge in [-0.2, -0.15) is 4.31 Å². The molecule has 0 saturated carbocycles. The fourth-order valence-corrected chi connectivity index (χ4v) is 6.03. The fraction of sp³-hybridized carbons (Fsp3) is 0.536. The lowest BCUT2D eigenvalue weighted by atomic mass is 9.99. The third kappa shape index (κ3) is 7.38. The zero-order chi connectivity index (χ0) is 25.5. The van der Waals surface area contributed by atoms with Gasteiger partial charge in [-0.15, -0.1) is 0 Å². The standard InChI is InChI=1S/C28H40N4O3S/c1-3-36(34,35)32-17-15-31(16-18-32)22-26-5-4-6-27(19-26)28(33)29-20-24-7-9-25(10-8-24)21-30-13-11-23(2)12-14-30/h4-10,19,23H,3,11-18,20-22H2,1-2H3,(H,29,33). The third-order valence-electron chi connectivity index (χ3n) is 7.44. The highest BCUT2D eigenvalue weighted by Gasteiger charge is 2.25. The highest BCUT2D eigenvalue weighted by molar-refractivity contribution is 7.89. The van der Waals surface area contributed by atoms with E-state index in [1.54, 1.807) is 11.2 Å². The summed E-state index contributed by atoms with van der Waals surface area (Å²) in [5.74, 6) is 0.907. The Labute approximate surface area is 216 Å². The Morgan fingerprint density at radius 3 is 2.14 bits per heavy atom. The van der Waals surface area contributed by atoms with Gasteiger partial charge in [-0.05, 0) is 67.6 Å². The Morgan fingerprint density at radius 1 is 0.861 bits per heavy atom. The molecule has 0 aromatic heterocycles. The van der Waals surface area contributed by atoms with Crippen LogP contribution in [0.5, 0.6) is 0 Å². The van der Waals surface area contributed by atoms with E-state index in [1.807, 2.05) is 24.3 Å². The van der Waals surface area contributed by atoms with Crippen molar-refractivity contribution in [3.8, 4) is 0 Å². The average molecular weight is 513 g/mol. The highest BCUT2D eigenvalue weighted by atomic mass is 32.2. The molecule has 4 rings (SSSR count). The molecule has 0 unspecified atom stereocenters. The molecule has 2 saturated heterocycles. The van der Waals surface area contributed by atoms with Crippen molar-refractivity contribution in [1.29, 1.82) is 0 Å². The van der Waals surface area contributed by atoms with Gasteiger partial charge in [-0.25, -0.2) is 8.42 Å². The van der Waals surface area contributed by atoms with E-state index in [0.717, 1.165) is 23.6 Å². The summed E-state index contributed by atoms with van der Waals surface area (Å²) in [5, 5.41) is 3.04. The van der Waals surface area contributed by atoms with Gasteiger partial charge in [-0.3, -0.25) is 14.6 Å². The number of nitrogens with zero attached hydrogens (tertiary/aromatic N) is 3. The molecule has 2 heterocycles. The minimum Gasteiger partial charge on any atom is -0.348 e. The molecule has 2 fully saturated rings. The summed E-state index contributed by atoms with van der Waals surface area (Å²) in [5.41, 5.74) is 4.12. The van der Waals surface area contributed by atoms with Crippen molar-refractivity contribution < 1.29 is 13.2 Å². The predicted molar refractivity (Wildman–Crippen MR) is 144 cm³/mol. The highest BCUT2D eigenvalue weighted by Crippen LogP contribution is 2.18. The van der Waals surface area contributed by atoms with Crippen LogP contribution in [0.1, 0.15) is 53.7 Å². The van der Waals surface area contributed by atoms with Gasteiger partial charge in [0.1, 0.15) is 0 Å². The van der Waals surface area contributed by atoms with Crippen molar-refractivity contribution >= 4 is 15.9 Å². The Kier molecular flexibility index (Phi) is 9.17. The van der Waals surface area contributed by atoms with Crippen LogP contribution >= 0.6 is 0 Å². The minimum atomic E-state index is -3.12. The number of carbonyl (C=O) groups is 1. The van der Waals surface area contributed by atoms with Crippen molar-refractivity contribution in [2.45, 2.75) is 46.3 Å². The van der Waals surface area contributed by atoms with Gasteiger partial charge >= 0.3 is 0 Å². The average Bonchev–Trinajstić information content (AvgIpc) is 2.90. The van der Waals surface area contributed by atoms with Crippen molar-refractivity contribution in [1.82, 2.24) is 19.4 Å². The molecule has 0 spiro atoms. The van der Waals surface area contributed by atoms with Gasteiger partial charge in [0.25, 0.3) is 5.91 Å². The van der Waals surface area contributed by atoms with Crippen molar-refractivity contribution in [3.63, 3.8) is 0 Å². The Morgan fingerprint density at radius 2 is 1.47 bits per heavy atom. The zero-order valence-electron chi connectivity index (χ0n) is 21.7. The Balaban J connectivity index is 1.24. The summed E-state index contributed by atoms with van der Waals surface area (Å²) < 4.78 is 25.7. The van der Waals surface area contributed by atoms with E-state index in [9.17, 15) is 13.2 Å². The van der Waals surface area contributed by atoms with Crippen LogP contribution in [0.3, 0.4) is 0 Å². The number of carbonyl (C=O) groups excluding carboxylic acids is 1. The molecule has 1 amide bonds. The second kappa shape index (κ2) is 12.3. The molecule has 36 heavy (non-hydrogen) atoms. The number of amides is 1. The minimum absolute atomic E-state index is 0.0813. The summed E-state index contributed by atoms with van der Waals surface area (Å²) in [6.07, 6.45) is 2.57. The lowest BCUT2D eigenvalue weighted by Gasteiger charge is -2.33. The second-order valence-electron chi connectivity index (χ2n) is 10.2. The number of rotatable bonds is 9. The largest absolute Gasteiger partial charge is 0.348 e. The first-order valence-electron chi connectivity index (χ1n) is 13.2. The number of hydrogen-bond donors (Lipinski definition) is 1. The molecule has 2 aromatic rings. The molecule has 7 nitrogen and oxygen atoms in total. The van der Waals surface area contributed by atoms with Gasteiger partial charge in [0.15, 0.2) is 0 Å². The Bertz CT molecular complexity index is 1100. The van der Waals surface area contributed by atoms with E-state index < -0.39 is 10.0 Å². The number of hydrogen-bond acceptors (Lipinski definition) is 5. The van der Waals surface area contributed by atoms with E-state index in [0.29, 0.717) is 44.8 Å². The summed E-state index contributed by atoms with van der Waals surface area (Å²) in [6, 6.07) is 16.3. The van der Waals surface area contributed by atoms with Crippen LogP contribution in [-0.4, -0.2) is 73.5 Å². The molecule has 0 atom stereocenters. The number of nitrogens with one attached hydrogen (secondary N) is 1. The van der Waals surface area contributed by atoms with E-state index in [-0.39, 0.29) is 11.7 Å². The van der Waals surface area contributed by atoms with Crippen LogP contribution in [0.4, 0.5) is 0 Å². The van der Waals surface area contributed by atoms with Crippen molar-refractivity contribution in [2.75, 3.05) is 45.0 Å². The van der Waals surface area contributed by atoms with Crippen molar-refractivity contribution in [2.24, 2.45) is 5.92 Å². The second-order valence-corrected chi connectivity index (χ2v) is 12.5. The molecular weight excluding hydrogens is 472 g/mol. The molecule has 0 aliphatic carbocycles. The van der Waals surface area contributed by atoms with Crippen LogP contribution < -0.4 is 5.32 Å². The van der Waals surface area contributed by atoms with Gasteiger partial charge in [0.05, 0.1) is 5.75 Å². The maximum atomic E-state index is 12.8. The van der Waals surface area contributed by atoms with Crippen LogP contribution in [0.15, 0.2) is 48.5 Å². The summed E-state index contributed by atoms with van der Waals surface area (Å²) in [4.78, 5) is 17.6. The van der Waals surface area contributed by atoms with E-state index >= 15 is 0 Å². The third-order valence-corrected chi connectivity index (χ3v) is 9.32. The van der Waals surface area contributed by atoms with Gasteiger partial charge in [-0.1, -0.05) is 43.3 Å². The van der Waals surface area contributed by atoms with E-state index in [2.05, 4.69) is 46.3 Å². The zero-order valence-corrected chi connectivity index (χ0v) is 22.5. The number of piperazine rings is 1. The first-order chi connectivity index (χ1) is 17.3. The maximum absolute atomic E-state index is 12.8. The topological polar surface area (TPSA) is 73.0 Å². The fourth-order valence-electron chi connectivity index (χ4n) is 4.94. The smallest absolute Gasteiger partial charge is 0.251 e. The van der Waals surface area contributed by atoms with Crippen LogP contribution in [0.25, 0.3) is 0 Å². The molecule has 1 N–H and O–H groups in total. The molecule has 2 aliphatic heterocycles. The predicted octanol–water partition coefficient (Wildman–Crippen LogP) is 3.32. The lowest BCUT2D eigenvalue weighted by molar-refractivity contribution is 0.0950. The first-order valence-corrected chi connectivity index (χ1v) is 14.8. The molecular formula is C28H40N4O3S.